The zero-order valence-electron chi connectivity index (χ0n) is 19.0. The fraction of sp³-hybridized carbons (Fsp3) is 0.423. The molecule has 3 N–H and O–H groups in total. The molecule has 2 aromatic carbocycles. The molecule has 1 saturated heterocycles. The summed E-state index contributed by atoms with van der Waals surface area (Å²) in [5.41, 5.74) is 6.41. The average Bonchev–Trinajstić information content (AvgIpc) is 3.35. The number of rotatable bonds is 6. The molecule has 32 heavy (non-hydrogen) atoms. The van der Waals surface area contributed by atoms with Gasteiger partial charge in [0, 0.05) is 48.0 Å². The van der Waals surface area contributed by atoms with Gasteiger partial charge in [-0.3, -0.25) is 4.90 Å². The van der Waals surface area contributed by atoms with Crippen LogP contribution in [0.5, 0.6) is 5.75 Å². The summed E-state index contributed by atoms with van der Waals surface area (Å²) in [6, 6.07) is 10.0. The summed E-state index contributed by atoms with van der Waals surface area (Å²) in [6.45, 7) is 3.93. The number of nitrogens with zero attached hydrogens (tertiary/aromatic N) is 1. The number of aromatic nitrogens is 1. The van der Waals surface area contributed by atoms with Crippen LogP contribution in [-0.4, -0.2) is 41.7 Å². The first-order chi connectivity index (χ1) is 15.4. The van der Waals surface area contributed by atoms with Crippen molar-refractivity contribution in [2.75, 3.05) is 26.0 Å². The molecule has 0 bridgehead atoms. The number of ether oxygens (including phenoxy) is 1. The minimum absolute atomic E-state index is 0.233. The number of piperidine rings is 1. The number of anilines is 1. The van der Waals surface area contributed by atoms with Gasteiger partial charge in [0.05, 0.1) is 12.7 Å². The second-order valence-corrected chi connectivity index (χ2v) is 9.44. The molecule has 1 spiro atoms. The standard InChI is InChI=1S/C26H31N3O3/c1-16-12-23(32-3)20(18-6-10-28-24(16)18)15-29-11-9-26(7-8-26)14-22(29)19-5-4-17(25(30)31)13-21(19)27-2/h4-6,10,12-13,22,27-28H,7-9,11,14-15H2,1-3H3,(H,30,31)/t22-/m0/s1. The number of fused-ring (bicyclic) bond motifs is 1. The second-order valence-electron chi connectivity index (χ2n) is 9.44. The lowest BCUT2D eigenvalue weighted by Crippen LogP contribution is -2.37. The molecule has 1 aliphatic carbocycles. The molecule has 6 heteroatoms. The van der Waals surface area contributed by atoms with Crippen LogP contribution in [0, 0.1) is 12.3 Å². The Balaban J connectivity index is 1.55. The zero-order valence-corrected chi connectivity index (χ0v) is 19.0. The van der Waals surface area contributed by atoms with Crippen LogP contribution in [0.15, 0.2) is 36.5 Å². The predicted octanol–water partition coefficient (Wildman–Crippen LogP) is 5.34. The number of nitrogens with one attached hydrogen (secondary N) is 2. The van der Waals surface area contributed by atoms with E-state index < -0.39 is 5.97 Å². The van der Waals surface area contributed by atoms with Crippen molar-refractivity contribution in [3.05, 3.63) is 58.8 Å². The summed E-state index contributed by atoms with van der Waals surface area (Å²) in [5.74, 6) is 0.0292. The van der Waals surface area contributed by atoms with Crippen LogP contribution in [0.3, 0.4) is 0 Å². The quantitative estimate of drug-likeness (QED) is 0.489. The summed E-state index contributed by atoms with van der Waals surface area (Å²) >= 11 is 0. The van der Waals surface area contributed by atoms with Gasteiger partial charge in [-0.15, -0.1) is 0 Å². The maximum absolute atomic E-state index is 11.5. The van der Waals surface area contributed by atoms with E-state index in [1.165, 1.54) is 41.3 Å². The lowest BCUT2D eigenvalue weighted by atomic mass is 9.83. The molecule has 1 aromatic heterocycles. The third kappa shape index (κ3) is 3.52. The molecule has 3 aromatic rings. The first kappa shape index (κ1) is 20.9. The number of aromatic carboxylic acids is 1. The minimum atomic E-state index is -0.897. The van der Waals surface area contributed by atoms with Gasteiger partial charge in [-0.1, -0.05) is 6.07 Å². The molecule has 168 valence electrons. The van der Waals surface area contributed by atoms with E-state index in [0.717, 1.165) is 36.5 Å². The fourth-order valence-corrected chi connectivity index (χ4v) is 5.49. The van der Waals surface area contributed by atoms with Crippen LogP contribution < -0.4 is 10.1 Å². The van der Waals surface area contributed by atoms with Crippen LogP contribution in [0.1, 0.15) is 58.8 Å². The summed E-state index contributed by atoms with van der Waals surface area (Å²) in [5, 5.41) is 13.9. The smallest absolute Gasteiger partial charge is 0.335 e. The Bertz CT molecular complexity index is 1180. The van der Waals surface area contributed by atoms with Crippen LogP contribution >= 0.6 is 0 Å². The monoisotopic (exact) mass is 433 g/mol. The number of benzene rings is 2. The van der Waals surface area contributed by atoms with Gasteiger partial charge in [-0.2, -0.15) is 0 Å². The lowest BCUT2D eigenvalue weighted by molar-refractivity contribution is 0.0696. The van der Waals surface area contributed by atoms with Crippen LogP contribution in [0.25, 0.3) is 10.9 Å². The number of aryl methyl sites for hydroxylation is 1. The summed E-state index contributed by atoms with van der Waals surface area (Å²) in [4.78, 5) is 17.5. The van der Waals surface area contributed by atoms with Gasteiger partial charge in [0.2, 0.25) is 0 Å². The molecule has 1 saturated carbocycles. The Morgan fingerprint density at radius 1 is 1.28 bits per heavy atom. The number of carbonyl (C=O) groups is 1. The number of likely N-dealkylation sites (tertiary alicyclic amines) is 1. The average molecular weight is 434 g/mol. The lowest BCUT2D eigenvalue weighted by Gasteiger charge is -2.41. The first-order valence-electron chi connectivity index (χ1n) is 11.4. The summed E-state index contributed by atoms with van der Waals surface area (Å²) < 4.78 is 5.81. The Hall–Kier alpha value is -2.99. The van der Waals surface area contributed by atoms with E-state index >= 15 is 0 Å². The van der Waals surface area contributed by atoms with Gasteiger partial charge in [0.15, 0.2) is 0 Å². The Morgan fingerprint density at radius 3 is 2.78 bits per heavy atom. The Labute approximate surface area is 188 Å². The molecular weight excluding hydrogens is 402 g/mol. The fourth-order valence-electron chi connectivity index (χ4n) is 5.49. The molecule has 6 nitrogen and oxygen atoms in total. The third-order valence-corrected chi connectivity index (χ3v) is 7.57. The van der Waals surface area contributed by atoms with Crippen LogP contribution in [0.4, 0.5) is 5.69 Å². The van der Waals surface area contributed by atoms with E-state index in [-0.39, 0.29) is 6.04 Å². The molecule has 2 heterocycles. The number of aromatic amines is 1. The number of carboxylic acid groups (broad SMARTS) is 1. The molecule has 1 aliphatic heterocycles. The minimum Gasteiger partial charge on any atom is -0.496 e. The van der Waals surface area contributed by atoms with E-state index in [9.17, 15) is 9.90 Å². The molecule has 2 aliphatic rings. The van der Waals surface area contributed by atoms with Gasteiger partial charge in [-0.05, 0) is 80.0 Å². The van der Waals surface area contributed by atoms with E-state index in [0.29, 0.717) is 11.0 Å². The van der Waals surface area contributed by atoms with Crippen LogP contribution in [-0.2, 0) is 6.54 Å². The van der Waals surface area contributed by atoms with Crippen molar-refractivity contribution in [2.24, 2.45) is 5.41 Å². The third-order valence-electron chi connectivity index (χ3n) is 7.57. The van der Waals surface area contributed by atoms with Crippen molar-refractivity contribution in [3.8, 4) is 5.75 Å². The number of H-pyrrole nitrogens is 1. The molecule has 1 atom stereocenters. The highest BCUT2D eigenvalue weighted by atomic mass is 16.5. The highest BCUT2D eigenvalue weighted by Crippen LogP contribution is 2.59. The number of carboxylic acids is 1. The van der Waals surface area contributed by atoms with Crippen LogP contribution in [0.2, 0.25) is 0 Å². The molecule has 0 radical (unpaired) electrons. The van der Waals surface area contributed by atoms with Gasteiger partial charge >= 0.3 is 5.97 Å². The predicted molar refractivity (Wildman–Crippen MR) is 127 cm³/mol. The van der Waals surface area contributed by atoms with E-state index in [2.05, 4.69) is 34.3 Å². The highest BCUT2D eigenvalue weighted by molar-refractivity contribution is 5.89. The zero-order chi connectivity index (χ0) is 22.5. The SMILES string of the molecule is CNc1cc(C(=O)O)ccc1[C@@H]1CC2(CCN1Cc1c(OC)cc(C)c3[nH]ccc13)CC2. The summed E-state index contributed by atoms with van der Waals surface area (Å²) in [7, 11) is 3.62. The second kappa shape index (κ2) is 7.85. The summed E-state index contributed by atoms with van der Waals surface area (Å²) in [6.07, 6.45) is 6.93. The molecule has 2 fully saturated rings. The van der Waals surface area contributed by atoms with Gasteiger partial charge < -0.3 is 20.1 Å². The van der Waals surface area contributed by atoms with Gasteiger partial charge in [-0.25, -0.2) is 4.79 Å². The van der Waals surface area contributed by atoms with Crippen molar-refractivity contribution in [3.63, 3.8) is 0 Å². The topological polar surface area (TPSA) is 77.6 Å². The molecule has 5 rings (SSSR count). The normalized spacial score (nSPS) is 19.9. The largest absolute Gasteiger partial charge is 0.496 e. The molecular formula is C26H31N3O3. The number of hydrogen-bond acceptors (Lipinski definition) is 4. The number of methoxy groups -OCH3 is 1. The van der Waals surface area contributed by atoms with Crippen molar-refractivity contribution in [1.82, 2.24) is 9.88 Å². The van der Waals surface area contributed by atoms with Crippen molar-refractivity contribution in [1.29, 1.82) is 0 Å². The Morgan fingerprint density at radius 2 is 2.09 bits per heavy atom. The first-order valence-corrected chi connectivity index (χ1v) is 11.4. The molecule has 0 amide bonds. The molecule has 0 unspecified atom stereocenters. The number of hydrogen-bond donors (Lipinski definition) is 3. The van der Waals surface area contributed by atoms with Gasteiger partial charge in [0.1, 0.15) is 5.75 Å². The van der Waals surface area contributed by atoms with E-state index in [1.54, 1.807) is 19.2 Å². The van der Waals surface area contributed by atoms with Crippen molar-refractivity contribution < 1.29 is 14.6 Å². The van der Waals surface area contributed by atoms with Gasteiger partial charge in [0.25, 0.3) is 0 Å². The Kier molecular flexibility index (Phi) is 5.13. The highest BCUT2D eigenvalue weighted by Gasteiger charge is 2.48. The van der Waals surface area contributed by atoms with Crippen molar-refractivity contribution >= 4 is 22.6 Å². The van der Waals surface area contributed by atoms with E-state index in [4.69, 9.17) is 4.74 Å². The van der Waals surface area contributed by atoms with E-state index in [1.807, 2.05) is 19.3 Å². The van der Waals surface area contributed by atoms with Crippen molar-refractivity contribution in [2.45, 2.75) is 45.2 Å². The maximum atomic E-state index is 11.5. The maximum Gasteiger partial charge on any atom is 0.335 e.